The third-order valence-electron chi connectivity index (χ3n) is 5.74. The summed E-state index contributed by atoms with van der Waals surface area (Å²) in [5, 5.41) is 0. The van der Waals surface area contributed by atoms with Crippen LogP contribution in [-0.4, -0.2) is 68.0 Å². The van der Waals surface area contributed by atoms with Crippen LogP contribution in [0.1, 0.15) is 29.8 Å². The molecular formula is C24H29FN2O5. The molecule has 1 heterocycles. The highest BCUT2D eigenvalue weighted by Crippen LogP contribution is 2.33. The van der Waals surface area contributed by atoms with E-state index in [9.17, 15) is 14.0 Å². The average Bonchev–Trinajstić information content (AvgIpc) is 2.80. The van der Waals surface area contributed by atoms with Crippen LogP contribution in [0.5, 0.6) is 17.2 Å². The Morgan fingerprint density at radius 3 is 2.38 bits per heavy atom. The number of rotatable bonds is 8. The summed E-state index contributed by atoms with van der Waals surface area (Å²) in [4.78, 5) is 28.5. The molecule has 0 spiro atoms. The van der Waals surface area contributed by atoms with Gasteiger partial charge in [0.1, 0.15) is 23.1 Å². The van der Waals surface area contributed by atoms with Crippen molar-refractivity contribution in [2.75, 3.05) is 33.9 Å². The van der Waals surface area contributed by atoms with E-state index in [-0.39, 0.29) is 41.7 Å². The molecule has 0 bridgehead atoms. The third-order valence-corrected chi connectivity index (χ3v) is 5.74. The van der Waals surface area contributed by atoms with E-state index in [1.807, 2.05) is 6.92 Å². The number of ether oxygens (including phenoxy) is 3. The van der Waals surface area contributed by atoms with Crippen molar-refractivity contribution in [2.24, 2.45) is 0 Å². The van der Waals surface area contributed by atoms with Gasteiger partial charge in [0, 0.05) is 43.9 Å². The van der Waals surface area contributed by atoms with Gasteiger partial charge in [0.05, 0.1) is 19.8 Å². The molecule has 3 rings (SSSR count). The average molecular weight is 445 g/mol. The largest absolute Gasteiger partial charge is 0.496 e. The first kappa shape index (κ1) is 23.5. The summed E-state index contributed by atoms with van der Waals surface area (Å²) < 4.78 is 29.3. The summed E-state index contributed by atoms with van der Waals surface area (Å²) >= 11 is 0. The van der Waals surface area contributed by atoms with Gasteiger partial charge in [-0.15, -0.1) is 0 Å². The van der Waals surface area contributed by atoms with E-state index in [2.05, 4.69) is 11.8 Å². The first-order valence-electron chi connectivity index (χ1n) is 10.5. The molecule has 7 nitrogen and oxygen atoms in total. The second-order valence-corrected chi connectivity index (χ2v) is 7.95. The minimum Gasteiger partial charge on any atom is -0.496 e. The molecule has 2 aromatic carbocycles. The Bertz CT molecular complexity index is 950. The molecule has 1 amide bonds. The number of hydrogen-bond donors (Lipinski definition) is 0. The SMILES string of the molecule is COc1cc(OC)c(C=O)c(OCC(=O)N2C[C@H](C)N(Cc3ccc(F)cc3)C[C@H]2C)c1. The van der Waals surface area contributed by atoms with E-state index in [4.69, 9.17) is 14.2 Å². The molecule has 1 aliphatic rings. The molecule has 2 atom stereocenters. The number of hydrogen-bond acceptors (Lipinski definition) is 6. The van der Waals surface area contributed by atoms with Gasteiger partial charge in [0.2, 0.25) is 0 Å². The zero-order valence-electron chi connectivity index (χ0n) is 18.8. The maximum atomic E-state index is 13.2. The fourth-order valence-corrected chi connectivity index (χ4v) is 3.91. The van der Waals surface area contributed by atoms with Gasteiger partial charge in [0.25, 0.3) is 5.91 Å². The van der Waals surface area contributed by atoms with Gasteiger partial charge in [-0.05, 0) is 31.5 Å². The Balaban J connectivity index is 1.64. The Labute approximate surface area is 187 Å². The van der Waals surface area contributed by atoms with E-state index in [0.717, 1.165) is 5.56 Å². The molecule has 172 valence electrons. The van der Waals surface area contributed by atoms with Crippen molar-refractivity contribution >= 4 is 12.2 Å². The molecule has 2 aromatic rings. The van der Waals surface area contributed by atoms with Gasteiger partial charge in [-0.1, -0.05) is 12.1 Å². The zero-order valence-corrected chi connectivity index (χ0v) is 18.8. The monoisotopic (exact) mass is 444 g/mol. The zero-order chi connectivity index (χ0) is 23.3. The molecule has 32 heavy (non-hydrogen) atoms. The van der Waals surface area contributed by atoms with E-state index >= 15 is 0 Å². The van der Waals surface area contributed by atoms with Crippen molar-refractivity contribution in [3.05, 3.63) is 53.3 Å². The number of methoxy groups -OCH3 is 2. The van der Waals surface area contributed by atoms with Crippen LogP contribution >= 0.6 is 0 Å². The minimum absolute atomic E-state index is 0.0202. The third kappa shape index (κ3) is 5.37. The molecule has 0 radical (unpaired) electrons. The Morgan fingerprint density at radius 2 is 1.75 bits per heavy atom. The normalized spacial score (nSPS) is 18.8. The van der Waals surface area contributed by atoms with Gasteiger partial charge >= 0.3 is 0 Å². The lowest BCUT2D eigenvalue weighted by Gasteiger charge is -2.44. The van der Waals surface area contributed by atoms with E-state index in [1.165, 1.54) is 26.4 Å². The van der Waals surface area contributed by atoms with Crippen LogP contribution in [0.2, 0.25) is 0 Å². The number of piperazine rings is 1. The van der Waals surface area contributed by atoms with Crippen molar-refractivity contribution in [3.63, 3.8) is 0 Å². The van der Waals surface area contributed by atoms with Crippen molar-refractivity contribution in [2.45, 2.75) is 32.5 Å². The van der Waals surface area contributed by atoms with Gasteiger partial charge in [-0.25, -0.2) is 4.39 Å². The van der Waals surface area contributed by atoms with E-state index in [0.29, 0.717) is 37.4 Å². The number of halogens is 1. The van der Waals surface area contributed by atoms with Crippen molar-refractivity contribution in [1.82, 2.24) is 9.80 Å². The summed E-state index contributed by atoms with van der Waals surface area (Å²) in [6.45, 7) is 5.78. The topological polar surface area (TPSA) is 68.3 Å². The molecule has 1 aliphatic heterocycles. The van der Waals surface area contributed by atoms with Crippen LogP contribution in [0.25, 0.3) is 0 Å². The molecular weight excluding hydrogens is 415 g/mol. The smallest absolute Gasteiger partial charge is 0.260 e. The molecule has 0 aliphatic carbocycles. The molecule has 1 fully saturated rings. The number of benzene rings is 2. The van der Waals surface area contributed by atoms with Crippen LogP contribution in [0, 0.1) is 5.82 Å². The fourth-order valence-electron chi connectivity index (χ4n) is 3.91. The highest BCUT2D eigenvalue weighted by molar-refractivity contribution is 5.85. The van der Waals surface area contributed by atoms with Crippen LogP contribution in [0.15, 0.2) is 36.4 Å². The van der Waals surface area contributed by atoms with Gasteiger partial charge in [0.15, 0.2) is 12.9 Å². The lowest BCUT2D eigenvalue weighted by molar-refractivity contribution is -0.139. The lowest BCUT2D eigenvalue weighted by Crippen LogP contribution is -2.58. The predicted molar refractivity (Wildman–Crippen MR) is 118 cm³/mol. The maximum absolute atomic E-state index is 13.2. The second kappa shape index (κ2) is 10.5. The Hall–Kier alpha value is -3.13. The summed E-state index contributed by atoms with van der Waals surface area (Å²) in [6, 6.07) is 9.74. The highest BCUT2D eigenvalue weighted by Gasteiger charge is 2.32. The molecule has 0 aromatic heterocycles. The predicted octanol–water partition coefficient (Wildman–Crippen LogP) is 3.16. The summed E-state index contributed by atoms with van der Waals surface area (Å²) in [7, 11) is 2.95. The van der Waals surface area contributed by atoms with Crippen molar-refractivity contribution in [1.29, 1.82) is 0 Å². The first-order chi connectivity index (χ1) is 15.4. The molecule has 0 unspecified atom stereocenters. The second-order valence-electron chi connectivity index (χ2n) is 7.95. The van der Waals surface area contributed by atoms with E-state index in [1.54, 1.807) is 29.2 Å². The van der Waals surface area contributed by atoms with Crippen molar-refractivity contribution in [3.8, 4) is 17.2 Å². The van der Waals surface area contributed by atoms with Gasteiger partial charge < -0.3 is 19.1 Å². The minimum atomic E-state index is -0.253. The number of carbonyl (C=O) groups excluding carboxylic acids is 2. The van der Waals surface area contributed by atoms with E-state index < -0.39 is 0 Å². The summed E-state index contributed by atoms with van der Waals surface area (Å²) in [6.07, 6.45) is 0.636. The standard InChI is InChI=1S/C24H29FN2O5/c1-16-12-27(17(2)11-26(16)13-18-5-7-19(25)8-6-18)24(29)15-32-23-10-20(30-3)9-22(31-4)21(23)14-28/h5-10,14,16-17H,11-13,15H2,1-4H3/t16-,17+/m0/s1. The first-order valence-corrected chi connectivity index (χ1v) is 10.5. The summed E-state index contributed by atoms with van der Waals surface area (Å²) in [5.74, 6) is 0.603. The highest BCUT2D eigenvalue weighted by atomic mass is 19.1. The Kier molecular flexibility index (Phi) is 7.69. The Morgan fingerprint density at radius 1 is 1.06 bits per heavy atom. The van der Waals surface area contributed by atoms with Gasteiger partial charge in [-0.2, -0.15) is 0 Å². The van der Waals surface area contributed by atoms with Crippen molar-refractivity contribution < 1.29 is 28.2 Å². The number of amides is 1. The van der Waals surface area contributed by atoms with Crippen LogP contribution in [0.4, 0.5) is 4.39 Å². The number of nitrogens with zero attached hydrogens (tertiary/aromatic N) is 2. The van der Waals surface area contributed by atoms with Crippen LogP contribution in [-0.2, 0) is 11.3 Å². The van der Waals surface area contributed by atoms with Gasteiger partial charge in [-0.3, -0.25) is 14.5 Å². The van der Waals surface area contributed by atoms with Crippen LogP contribution in [0.3, 0.4) is 0 Å². The quantitative estimate of drug-likeness (QED) is 0.583. The number of carbonyl (C=O) groups is 2. The molecule has 0 N–H and O–H groups in total. The summed E-state index contributed by atoms with van der Waals surface area (Å²) in [5.41, 5.74) is 1.26. The fraction of sp³-hybridized carbons (Fsp3) is 0.417. The molecule has 8 heteroatoms. The lowest BCUT2D eigenvalue weighted by atomic mass is 10.1. The van der Waals surface area contributed by atoms with Crippen LogP contribution < -0.4 is 14.2 Å². The molecule has 0 saturated carbocycles. The number of aldehydes is 1. The maximum Gasteiger partial charge on any atom is 0.260 e. The molecule has 1 saturated heterocycles.